The summed E-state index contributed by atoms with van der Waals surface area (Å²) in [5, 5.41) is 9.58. The normalized spacial score (nSPS) is 18.2. The number of rotatable bonds is 5. The highest BCUT2D eigenvalue weighted by molar-refractivity contribution is 5.30. The van der Waals surface area contributed by atoms with Crippen LogP contribution in [0.4, 0.5) is 0 Å². The number of hydrogen-bond acceptors (Lipinski definition) is 2. The molecule has 1 aromatic rings. The molecule has 0 aliphatic heterocycles. The zero-order chi connectivity index (χ0) is 12.1. The Labute approximate surface area is 104 Å². The molecule has 0 aromatic heterocycles. The van der Waals surface area contributed by atoms with Crippen LogP contribution in [-0.4, -0.2) is 18.3 Å². The lowest BCUT2D eigenvalue weighted by atomic mass is 9.85. The monoisotopic (exact) mass is 234 g/mol. The van der Waals surface area contributed by atoms with Crippen molar-refractivity contribution in [3.8, 4) is 5.75 Å². The van der Waals surface area contributed by atoms with E-state index in [9.17, 15) is 5.11 Å². The van der Waals surface area contributed by atoms with E-state index in [4.69, 9.17) is 4.74 Å². The summed E-state index contributed by atoms with van der Waals surface area (Å²) in [7, 11) is 0. The van der Waals surface area contributed by atoms with Gasteiger partial charge in [-0.05, 0) is 43.4 Å². The Morgan fingerprint density at radius 1 is 1.24 bits per heavy atom. The summed E-state index contributed by atoms with van der Waals surface area (Å²) in [4.78, 5) is 0. The Balaban J connectivity index is 2.07. The van der Waals surface area contributed by atoms with E-state index < -0.39 is 0 Å². The second-order valence-corrected chi connectivity index (χ2v) is 4.84. The molecule has 1 fully saturated rings. The minimum absolute atomic E-state index is 0.263. The Morgan fingerprint density at radius 3 is 2.41 bits per heavy atom. The first-order valence-corrected chi connectivity index (χ1v) is 6.68. The second kappa shape index (κ2) is 6.06. The number of hydrogen-bond donors (Lipinski definition) is 1. The third kappa shape index (κ3) is 3.01. The molecule has 2 rings (SSSR count). The number of aliphatic hydroxyl groups is 1. The lowest BCUT2D eigenvalue weighted by Crippen LogP contribution is -2.13. The quantitative estimate of drug-likeness (QED) is 0.846. The highest BCUT2D eigenvalue weighted by Gasteiger charge is 2.25. The van der Waals surface area contributed by atoms with Crippen LogP contribution in [0, 0.1) is 5.92 Å². The van der Waals surface area contributed by atoms with Gasteiger partial charge in [0.2, 0.25) is 0 Å². The van der Waals surface area contributed by atoms with Crippen molar-refractivity contribution in [1.82, 2.24) is 0 Å². The second-order valence-electron chi connectivity index (χ2n) is 4.84. The molecular weight excluding hydrogens is 212 g/mol. The molecular formula is C15H22O2. The molecule has 2 heteroatoms. The van der Waals surface area contributed by atoms with Gasteiger partial charge >= 0.3 is 0 Å². The van der Waals surface area contributed by atoms with E-state index in [1.807, 2.05) is 19.1 Å². The first-order valence-electron chi connectivity index (χ1n) is 6.68. The molecule has 0 bridgehead atoms. The number of aliphatic hydroxyl groups excluding tert-OH is 1. The fourth-order valence-corrected chi connectivity index (χ4v) is 2.86. The Bertz CT molecular complexity index is 325. The molecule has 0 spiro atoms. The van der Waals surface area contributed by atoms with Crippen LogP contribution in [0.3, 0.4) is 0 Å². The minimum atomic E-state index is 0.263. The molecule has 1 aromatic carbocycles. The SMILES string of the molecule is CCOc1ccc(C(CO)C2CCCC2)cc1. The van der Waals surface area contributed by atoms with Crippen LogP contribution in [0.15, 0.2) is 24.3 Å². The van der Waals surface area contributed by atoms with E-state index in [0.29, 0.717) is 18.4 Å². The molecule has 17 heavy (non-hydrogen) atoms. The Hall–Kier alpha value is -1.02. The summed E-state index contributed by atoms with van der Waals surface area (Å²) in [6, 6.07) is 8.22. The van der Waals surface area contributed by atoms with Crippen LogP contribution in [-0.2, 0) is 0 Å². The minimum Gasteiger partial charge on any atom is -0.494 e. The van der Waals surface area contributed by atoms with Crippen molar-refractivity contribution in [2.45, 2.75) is 38.5 Å². The van der Waals surface area contributed by atoms with Gasteiger partial charge in [-0.15, -0.1) is 0 Å². The zero-order valence-corrected chi connectivity index (χ0v) is 10.6. The zero-order valence-electron chi connectivity index (χ0n) is 10.6. The summed E-state index contributed by atoms with van der Waals surface area (Å²) >= 11 is 0. The van der Waals surface area contributed by atoms with Crippen molar-refractivity contribution in [2.75, 3.05) is 13.2 Å². The van der Waals surface area contributed by atoms with E-state index in [2.05, 4.69) is 12.1 Å². The molecule has 0 amide bonds. The highest BCUT2D eigenvalue weighted by Crippen LogP contribution is 2.37. The maximum atomic E-state index is 9.58. The molecule has 1 atom stereocenters. The molecule has 0 heterocycles. The van der Waals surface area contributed by atoms with Gasteiger partial charge in [0, 0.05) is 5.92 Å². The summed E-state index contributed by atoms with van der Waals surface area (Å²) in [5.41, 5.74) is 1.25. The van der Waals surface area contributed by atoms with Crippen molar-refractivity contribution in [3.63, 3.8) is 0 Å². The summed E-state index contributed by atoms with van der Waals surface area (Å²) < 4.78 is 5.44. The van der Waals surface area contributed by atoms with Crippen molar-refractivity contribution in [1.29, 1.82) is 0 Å². The molecule has 1 unspecified atom stereocenters. The lowest BCUT2D eigenvalue weighted by Gasteiger charge is -2.21. The Morgan fingerprint density at radius 2 is 1.88 bits per heavy atom. The van der Waals surface area contributed by atoms with Crippen LogP contribution < -0.4 is 4.74 Å². The smallest absolute Gasteiger partial charge is 0.119 e. The molecule has 0 radical (unpaired) electrons. The van der Waals surface area contributed by atoms with Crippen molar-refractivity contribution < 1.29 is 9.84 Å². The highest BCUT2D eigenvalue weighted by atomic mass is 16.5. The third-order valence-electron chi connectivity index (χ3n) is 3.78. The van der Waals surface area contributed by atoms with E-state index in [1.54, 1.807) is 0 Å². The van der Waals surface area contributed by atoms with E-state index in [1.165, 1.54) is 31.2 Å². The largest absolute Gasteiger partial charge is 0.494 e. The summed E-state index contributed by atoms with van der Waals surface area (Å²) in [6.45, 7) is 2.95. The van der Waals surface area contributed by atoms with Crippen LogP contribution in [0.5, 0.6) is 5.75 Å². The number of ether oxygens (including phenoxy) is 1. The third-order valence-corrected chi connectivity index (χ3v) is 3.78. The maximum absolute atomic E-state index is 9.58. The molecule has 1 N–H and O–H groups in total. The summed E-state index contributed by atoms with van der Waals surface area (Å²) in [5.74, 6) is 1.89. The standard InChI is InChI=1S/C15H22O2/c1-2-17-14-9-7-13(8-10-14)15(11-16)12-5-3-4-6-12/h7-10,12,15-16H,2-6,11H2,1H3. The van der Waals surface area contributed by atoms with Gasteiger partial charge in [0.25, 0.3) is 0 Å². The number of benzene rings is 1. The predicted octanol–water partition coefficient (Wildman–Crippen LogP) is 3.35. The van der Waals surface area contributed by atoms with Crippen LogP contribution in [0.2, 0.25) is 0 Å². The molecule has 0 saturated heterocycles. The van der Waals surface area contributed by atoms with E-state index in [-0.39, 0.29) is 6.61 Å². The fourth-order valence-electron chi connectivity index (χ4n) is 2.86. The average Bonchev–Trinajstić information content (AvgIpc) is 2.86. The van der Waals surface area contributed by atoms with Crippen LogP contribution in [0.1, 0.15) is 44.1 Å². The molecule has 94 valence electrons. The Kier molecular flexibility index (Phi) is 4.43. The van der Waals surface area contributed by atoms with Gasteiger partial charge in [0.15, 0.2) is 0 Å². The van der Waals surface area contributed by atoms with Crippen molar-refractivity contribution in [3.05, 3.63) is 29.8 Å². The lowest BCUT2D eigenvalue weighted by molar-refractivity contribution is 0.226. The molecule has 1 saturated carbocycles. The topological polar surface area (TPSA) is 29.5 Å². The van der Waals surface area contributed by atoms with Crippen LogP contribution in [0.25, 0.3) is 0 Å². The van der Waals surface area contributed by atoms with E-state index in [0.717, 1.165) is 5.75 Å². The van der Waals surface area contributed by atoms with Gasteiger partial charge in [-0.1, -0.05) is 25.0 Å². The summed E-state index contributed by atoms with van der Waals surface area (Å²) in [6.07, 6.45) is 5.16. The van der Waals surface area contributed by atoms with Gasteiger partial charge < -0.3 is 9.84 Å². The van der Waals surface area contributed by atoms with Gasteiger partial charge in [0.1, 0.15) is 5.75 Å². The fraction of sp³-hybridized carbons (Fsp3) is 0.600. The van der Waals surface area contributed by atoms with Crippen molar-refractivity contribution >= 4 is 0 Å². The molecule has 1 aliphatic rings. The first kappa shape index (κ1) is 12.4. The maximum Gasteiger partial charge on any atom is 0.119 e. The van der Waals surface area contributed by atoms with Gasteiger partial charge in [0.05, 0.1) is 13.2 Å². The van der Waals surface area contributed by atoms with Gasteiger partial charge in [-0.3, -0.25) is 0 Å². The predicted molar refractivity (Wildman–Crippen MR) is 69.4 cm³/mol. The average molecular weight is 234 g/mol. The molecule has 1 aliphatic carbocycles. The van der Waals surface area contributed by atoms with Gasteiger partial charge in [-0.2, -0.15) is 0 Å². The molecule has 2 nitrogen and oxygen atoms in total. The van der Waals surface area contributed by atoms with Gasteiger partial charge in [-0.25, -0.2) is 0 Å². The van der Waals surface area contributed by atoms with E-state index >= 15 is 0 Å². The van der Waals surface area contributed by atoms with Crippen molar-refractivity contribution in [2.24, 2.45) is 5.92 Å². The van der Waals surface area contributed by atoms with Crippen LogP contribution >= 0.6 is 0 Å². The first-order chi connectivity index (χ1) is 8.35.